The molecular weight excluding hydrogens is 524 g/mol. The summed E-state index contributed by atoms with van der Waals surface area (Å²) in [5.41, 5.74) is 20.8. The molecule has 13 nitrogen and oxygen atoms in total. The van der Waals surface area contributed by atoms with Gasteiger partial charge in [-0.05, 0) is 62.6 Å². The number of benzene rings is 2. The number of anilines is 4. The van der Waals surface area contributed by atoms with E-state index in [1.807, 2.05) is 35.6 Å². The zero-order chi connectivity index (χ0) is 29.3. The lowest BCUT2D eigenvalue weighted by Gasteiger charge is -2.19. The quantitative estimate of drug-likeness (QED) is 0.183. The third kappa shape index (κ3) is 5.78. The van der Waals surface area contributed by atoms with Crippen LogP contribution in [0.5, 0.6) is 0 Å². The van der Waals surface area contributed by atoms with Crippen LogP contribution >= 0.6 is 0 Å². The van der Waals surface area contributed by atoms with Crippen LogP contribution in [-0.4, -0.2) is 61.6 Å². The Bertz CT molecular complexity index is 1640. The van der Waals surface area contributed by atoms with E-state index in [0.717, 1.165) is 23.4 Å². The first-order valence-corrected chi connectivity index (χ1v) is 13.5. The Morgan fingerprint density at radius 2 is 1.78 bits per heavy atom. The summed E-state index contributed by atoms with van der Waals surface area (Å²) in [5.74, 6) is 0.496. The van der Waals surface area contributed by atoms with Crippen LogP contribution in [-0.2, 0) is 17.9 Å². The number of amides is 3. The van der Waals surface area contributed by atoms with Crippen LogP contribution in [0.3, 0.4) is 0 Å². The van der Waals surface area contributed by atoms with Crippen LogP contribution in [0.15, 0.2) is 42.5 Å². The summed E-state index contributed by atoms with van der Waals surface area (Å²) in [6, 6.07) is 11.9. The predicted molar refractivity (Wildman–Crippen MR) is 157 cm³/mol. The number of nitrogen functional groups attached to an aromatic ring is 1. The Morgan fingerprint density at radius 3 is 2.49 bits per heavy atom. The number of aryl methyl sites for hydroxylation is 2. The van der Waals surface area contributed by atoms with Crippen LogP contribution in [0.25, 0.3) is 11.0 Å². The smallest absolute Gasteiger partial charge is 0.248 e. The fourth-order valence-electron chi connectivity index (χ4n) is 5.19. The Labute approximate surface area is 236 Å². The molecular formula is C28H34N10O3. The first-order valence-electron chi connectivity index (χ1n) is 13.5. The highest BCUT2D eigenvalue weighted by atomic mass is 16.2. The maximum absolute atomic E-state index is 13.0. The van der Waals surface area contributed by atoms with Crippen molar-refractivity contribution in [3.8, 4) is 0 Å². The number of hydrogen-bond donors (Lipinski definition) is 5. The summed E-state index contributed by atoms with van der Waals surface area (Å²) in [7, 11) is 0. The molecule has 13 heteroatoms. The first-order chi connectivity index (χ1) is 19.6. The number of likely N-dealkylation sites (tertiary alicyclic amines) is 1. The van der Waals surface area contributed by atoms with Crippen LogP contribution in [0.4, 0.5) is 23.1 Å². The highest BCUT2D eigenvalue weighted by Crippen LogP contribution is 2.28. The fourth-order valence-corrected chi connectivity index (χ4v) is 5.19. The number of imidazole rings is 1. The molecule has 0 bridgehead atoms. The molecule has 1 aliphatic rings. The molecule has 0 radical (unpaired) electrons. The third-order valence-electron chi connectivity index (χ3n) is 7.32. The Morgan fingerprint density at radius 1 is 1.05 bits per heavy atom. The molecule has 1 aliphatic heterocycles. The third-order valence-corrected chi connectivity index (χ3v) is 7.32. The molecule has 5 rings (SSSR count). The number of carbonyl (C=O) groups is 3. The molecule has 0 spiro atoms. The lowest BCUT2D eigenvalue weighted by atomic mass is 10.1. The van der Waals surface area contributed by atoms with Crippen molar-refractivity contribution in [3.63, 3.8) is 0 Å². The zero-order valence-electron chi connectivity index (χ0n) is 23.1. The molecule has 1 atom stereocenters. The largest absolute Gasteiger partial charge is 0.397 e. The second-order valence-corrected chi connectivity index (χ2v) is 10.2. The van der Waals surface area contributed by atoms with Crippen molar-refractivity contribution in [1.82, 2.24) is 24.2 Å². The molecule has 8 N–H and O–H groups in total. The second kappa shape index (κ2) is 11.2. The normalized spacial score (nSPS) is 14.9. The average Bonchev–Trinajstić information content (AvgIpc) is 3.64. The molecule has 2 aromatic heterocycles. The fraction of sp³-hybridized carbons (Fsp3) is 0.321. The van der Waals surface area contributed by atoms with E-state index in [0.29, 0.717) is 60.1 Å². The molecule has 41 heavy (non-hydrogen) atoms. The van der Waals surface area contributed by atoms with Crippen molar-refractivity contribution in [1.29, 1.82) is 0 Å². The van der Waals surface area contributed by atoms with Gasteiger partial charge in [-0.25, -0.2) is 9.67 Å². The summed E-state index contributed by atoms with van der Waals surface area (Å²) < 4.78 is 3.95. The zero-order valence-corrected chi connectivity index (χ0v) is 23.1. The van der Waals surface area contributed by atoms with Gasteiger partial charge in [0.05, 0.1) is 34.6 Å². The van der Waals surface area contributed by atoms with Crippen LogP contribution in [0, 0.1) is 12.8 Å². The van der Waals surface area contributed by atoms with Gasteiger partial charge in [0, 0.05) is 43.4 Å². The number of nitrogens with two attached hydrogens (primary N) is 3. The van der Waals surface area contributed by atoms with Crippen molar-refractivity contribution < 1.29 is 14.4 Å². The summed E-state index contributed by atoms with van der Waals surface area (Å²) in [5, 5.41) is 11.0. The summed E-state index contributed by atoms with van der Waals surface area (Å²) in [4.78, 5) is 42.8. The van der Waals surface area contributed by atoms with Gasteiger partial charge in [-0.3, -0.25) is 14.4 Å². The molecule has 2 aromatic carbocycles. The molecule has 214 valence electrons. The number of carbonyl (C=O) groups excluding carboxylic acids is 3. The highest BCUT2D eigenvalue weighted by Gasteiger charge is 2.28. The molecule has 0 unspecified atom stereocenters. The summed E-state index contributed by atoms with van der Waals surface area (Å²) in [6.45, 7) is 6.55. The maximum atomic E-state index is 13.0. The van der Waals surface area contributed by atoms with Gasteiger partial charge in [0.1, 0.15) is 5.82 Å². The Hall–Kier alpha value is -5.07. The first kappa shape index (κ1) is 27.5. The van der Waals surface area contributed by atoms with Gasteiger partial charge in [-0.1, -0.05) is 0 Å². The predicted octanol–water partition coefficient (Wildman–Crippen LogP) is 2.05. The van der Waals surface area contributed by atoms with Gasteiger partial charge in [-0.15, -0.1) is 0 Å². The standard InChI is InChI=1S/C28H34N10O3/c1-3-38-24(10-16(2)35-38)34-28-33-22-12-19(27(31)41)5-7-23(22)37(28)15-17-8-9-36(14-17)25(39)13-32-21-6-4-18(26(30)40)11-20(21)29/h4-7,10-12,17,32H,3,8-9,13-15,29H2,1-2H3,(H2,30,40)(H2,31,41)(H,33,34)/t17-/m0/s1. The van der Waals surface area contributed by atoms with Crippen molar-refractivity contribution in [2.45, 2.75) is 33.4 Å². The van der Waals surface area contributed by atoms with E-state index in [2.05, 4.69) is 20.3 Å². The number of primary amides is 2. The van der Waals surface area contributed by atoms with Gasteiger partial charge < -0.3 is 37.3 Å². The number of fused-ring (bicyclic) bond motifs is 1. The second-order valence-electron chi connectivity index (χ2n) is 10.2. The number of hydrogen-bond acceptors (Lipinski definition) is 8. The van der Waals surface area contributed by atoms with Crippen LogP contribution in [0.2, 0.25) is 0 Å². The highest BCUT2D eigenvalue weighted by molar-refractivity contribution is 5.97. The Kier molecular flexibility index (Phi) is 7.51. The SMILES string of the molecule is CCn1nc(C)cc1Nc1nc2cc(C(N)=O)ccc2n1C[C@H]1CCN(C(=O)CNc2ccc(C(N)=O)cc2N)C1. The van der Waals surface area contributed by atoms with Crippen LogP contribution in [0.1, 0.15) is 39.8 Å². The Balaban J connectivity index is 1.31. The maximum Gasteiger partial charge on any atom is 0.248 e. The van der Waals surface area contributed by atoms with Gasteiger partial charge in [0.15, 0.2) is 0 Å². The number of aromatic nitrogens is 4. The minimum Gasteiger partial charge on any atom is -0.397 e. The van der Waals surface area contributed by atoms with Crippen LogP contribution < -0.4 is 27.8 Å². The van der Waals surface area contributed by atoms with Crippen molar-refractivity contribution in [3.05, 3.63) is 59.3 Å². The van der Waals surface area contributed by atoms with Gasteiger partial charge in [0.2, 0.25) is 23.7 Å². The summed E-state index contributed by atoms with van der Waals surface area (Å²) >= 11 is 0. The monoisotopic (exact) mass is 558 g/mol. The van der Waals surface area contributed by atoms with E-state index < -0.39 is 11.8 Å². The van der Waals surface area contributed by atoms with E-state index in [1.54, 1.807) is 24.3 Å². The molecule has 0 aliphatic carbocycles. The van der Waals surface area contributed by atoms with E-state index in [4.69, 9.17) is 22.2 Å². The minimum absolute atomic E-state index is 0.0480. The average molecular weight is 559 g/mol. The number of nitrogens with zero attached hydrogens (tertiary/aromatic N) is 5. The molecule has 3 amide bonds. The van der Waals surface area contributed by atoms with E-state index in [-0.39, 0.29) is 18.4 Å². The van der Waals surface area contributed by atoms with E-state index in [9.17, 15) is 14.4 Å². The van der Waals surface area contributed by atoms with Gasteiger partial charge in [0.25, 0.3) is 0 Å². The topological polar surface area (TPSA) is 192 Å². The van der Waals surface area contributed by atoms with Crippen molar-refractivity contribution in [2.24, 2.45) is 17.4 Å². The molecule has 0 saturated carbocycles. The van der Waals surface area contributed by atoms with Crippen molar-refractivity contribution >= 4 is 51.9 Å². The molecule has 4 aromatic rings. The number of nitrogens with one attached hydrogen (secondary N) is 2. The minimum atomic E-state index is -0.564. The summed E-state index contributed by atoms with van der Waals surface area (Å²) in [6.07, 6.45) is 0.825. The molecule has 1 fully saturated rings. The van der Waals surface area contributed by atoms with Crippen molar-refractivity contribution in [2.75, 3.05) is 36.0 Å². The lowest BCUT2D eigenvalue weighted by Crippen LogP contribution is -2.34. The van der Waals surface area contributed by atoms with Gasteiger partial charge >= 0.3 is 0 Å². The van der Waals surface area contributed by atoms with E-state index in [1.165, 1.54) is 6.07 Å². The van der Waals surface area contributed by atoms with Gasteiger partial charge in [-0.2, -0.15) is 5.10 Å². The lowest BCUT2D eigenvalue weighted by molar-refractivity contribution is -0.128. The molecule has 3 heterocycles. The number of rotatable bonds is 10. The molecule has 1 saturated heterocycles. The van der Waals surface area contributed by atoms with E-state index >= 15 is 0 Å².